The molecule has 0 rings (SSSR count). The van der Waals surface area contributed by atoms with Gasteiger partial charge < -0.3 is 14.2 Å². The molecule has 0 N–H and O–H groups in total. The van der Waals surface area contributed by atoms with Crippen molar-refractivity contribution >= 4 is 17.9 Å². The molecule has 6 heteroatoms. The molecule has 0 aromatic carbocycles. The molecule has 0 fully saturated rings. The Kier molecular flexibility index (Phi) is 67.6. The van der Waals surface area contributed by atoms with Gasteiger partial charge in [0.05, 0.1) is 0 Å². The number of hydrogen-bond donors (Lipinski definition) is 0. The molecular formula is C76H136O6. The number of allylic oxidation sites excluding steroid dienone is 12. The van der Waals surface area contributed by atoms with E-state index in [1.54, 1.807) is 0 Å². The second-order valence-electron chi connectivity index (χ2n) is 24.1. The van der Waals surface area contributed by atoms with Crippen molar-refractivity contribution in [2.75, 3.05) is 13.2 Å². The zero-order chi connectivity index (χ0) is 59.2. The maximum absolute atomic E-state index is 13.0. The monoisotopic (exact) mass is 1150 g/mol. The van der Waals surface area contributed by atoms with Crippen molar-refractivity contribution in [3.8, 4) is 0 Å². The molecule has 0 bridgehead atoms. The molecule has 476 valence electrons. The molecular weight excluding hydrogens is 1010 g/mol. The molecule has 0 saturated heterocycles. The number of carbonyl (C=O) groups excluding carboxylic acids is 3. The van der Waals surface area contributed by atoms with E-state index in [-0.39, 0.29) is 31.1 Å². The minimum absolute atomic E-state index is 0.0828. The van der Waals surface area contributed by atoms with Gasteiger partial charge in [-0.2, -0.15) is 0 Å². The predicted octanol–water partition coefficient (Wildman–Crippen LogP) is 24.8. The van der Waals surface area contributed by atoms with E-state index < -0.39 is 6.10 Å². The normalized spacial score (nSPS) is 12.5. The zero-order valence-electron chi connectivity index (χ0n) is 54.8. The Morgan fingerprint density at radius 2 is 0.476 bits per heavy atom. The van der Waals surface area contributed by atoms with Crippen molar-refractivity contribution < 1.29 is 28.6 Å². The molecule has 0 aromatic rings. The van der Waals surface area contributed by atoms with E-state index >= 15 is 0 Å². The van der Waals surface area contributed by atoms with Crippen LogP contribution in [0.1, 0.15) is 374 Å². The minimum atomic E-state index is -0.790. The molecule has 1 unspecified atom stereocenters. The van der Waals surface area contributed by atoms with Crippen LogP contribution in [0, 0.1) is 0 Å². The number of unbranched alkanes of at least 4 members (excludes halogenated alkanes) is 43. The highest BCUT2D eigenvalue weighted by atomic mass is 16.6. The fraction of sp³-hybridized carbons (Fsp3) is 0.803. The Hall–Kier alpha value is -3.15. The first-order chi connectivity index (χ1) is 40.5. The molecule has 0 aliphatic carbocycles. The summed E-state index contributed by atoms with van der Waals surface area (Å²) in [4.78, 5) is 38.5. The Labute approximate surface area is 510 Å². The van der Waals surface area contributed by atoms with Gasteiger partial charge in [0, 0.05) is 19.3 Å². The molecule has 0 spiro atoms. The Morgan fingerprint density at radius 3 is 0.768 bits per heavy atom. The van der Waals surface area contributed by atoms with Crippen LogP contribution < -0.4 is 0 Å². The Bertz CT molecular complexity index is 1500. The van der Waals surface area contributed by atoms with E-state index in [9.17, 15) is 14.4 Å². The highest BCUT2D eigenvalue weighted by molar-refractivity contribution is 5.71. The largest absolute Gasteiger partial charge is 0.462 e. The van der Waals surface area contributed by atoms with Crippen LogP contribution in [-0.2, 0) is 28.6 Å². The summed E-state index contributed by atoms with van der Waals surface area (Å²) in [6.07, 6.45) is 92.2. The van der Waals surface area contributed by atoms with Crippen molar-refractivity contribution in [1.82, 2.24) is 0 Å². The van der Waals surface area contributed by atoms with Crippen LogP contribution in [0.15, 0.2) is 72.9 Å². The van der Waals surface area contributed by atoms with Gasteiger partial charge in [-0.1, -0.05) is 338 Å². The van der Waals surface area contributed by atoms with Gasteiger partial charge in [-0.25, -0.2) is 0 Å². The maximum Gasteiger partial charge on any atom is 0.306 e. The number of hydrogen-bond acceptors (Lipinski definition) is 6. The highest BCUT2D eigenvalue weighted by Gasteiger charge is 2.19. The van der Waals surface area contributed by atoms with E-state index in [0.29, 0.717) is 19.3 Å². The first-order valence-electron chi connectivity index (χ1n) is 35.9. The molecule has 0 heterocycles. The van der Waals surface area contributed by atoms with Gasteiger partial charge in [-0.15, -0.1) is 0 Å². The smallest absolute Gasteiger partial charge is 0.306 e. The lowest BCUT2D eigenvalue weighted by molar-refractivity contribution is -0.167. The quantitative estimate of drug-likeness (QED) is 0.0261. The van der Waals surface area contributed by atoms with Gasteiger partial charge in [0.25, 0.3) is 0 Å². The first-order valence-corrected chi connectivity index (χ1v) is 35.9. The maximum atomic E-state index is 13.0. The second kappa shape index (κ2) is 70.3. The summed E-state index contributed by atoms with van der Waals surface area (Å²) in [5.41, 5.74) is 0. The standard InChI is InChI=1S/C76H136O6/c1-4-7-10-13-16-19-22-25-28-31-34-36-38-40-42-45-48-51-54-57-60-63-66-69-75(78)81-72-73(71-80-74(77)68-65-62-59-56-53-50-47-44-41-33-30-27-24-21-18-15-12-9-6-3)82-76(79)70-67-64-61-58-55-52-49-46-43-39-37-35-32-29-26-23-20-17-14-11-8-5-2/h9,12,18,21,27,30-31,34,41,44,50,53,73H,4-8,10-11,13-17,19-20,22-26,28-29,32-33,35-40,42-43,45-49,51-52,54-72H2,1-3H3/b12-9-,21-18-,30-27-,34-31-,44-41-,53-50-. The Balaban J connectivity index is 4.37. The molecule has 0 saturated carbocycles. The topological polar surface area (TPSA) is 78.9 Å². The third-order valence-electron chi connectivity index (χ3n) is 15.9. The van der Waals surface area contributed by atoms with E-state index in [2.05, 4.69) is 93.7 Å². The predicted molar refractivity (Wildman–Crippen MR) is 358 cm³/mol. The Morgan fingerprint density at radius 1 is 0.256 bits per heavy atom. The van der Waals surface area contributed by atoms with Crippen molar-refractivity contribution in [3.63, 3.8) is 0 Å². The van der Waals surface area contributed by atoms with Crippen molar-refractivity contribution in [3.05, 3.63) is 72.9 Å². The summed E-state index contributed by atoms with van der Waals surface area (Å²) in [5, 5.41) is 0. The van der Waals surface area contributed by atoms with Crippen LogP contribution in [0.2, 0.25) is 0 Å². The number of ether oxygens (including phenoxy) is 3. The van der Waals surface area contributed by atoms with Crippen LogP contribution >= 0.6 is 0 Å². The summed E-state index contributed by atoms with van der Waals surface area (Å²) >= 11 is 0. The number of esters is 3. The average Bonchev–Trinajstić information content (AvgIpc) is 3.47. The lowest BCUT2D eigenvalue weighted by Crippen LogP contribution is -2.30. The zero-order valence-corrected chi connectivity index (χ0v) is 54.8. The molecule has 82 heavy (non-hydrogen) atoms. The van der Waals surface area contributed by atoms with Crippen LogP contribution in [0.5, 0.6) is 0 Å². The summed E-state index contributed by atoms with van der Waals surface area (Å²) in [7, 11) is 0. The van der Waals surface area contributed by atoms with Crippen molar-refractivity contribution in [2.45, 2.75) is 380 Å². The highest BCUT2D eigenvalue weighted by Crippen LogP contribution is 2.18. The molecule has 6 nitrogen and oxygen atoms in total. The van der Waals surface area contributed by atoms with Gasteiger partial charge >= 0.3 is 17.9 Å². The molecule has 0 radical (unpaired) electrons. The van der Waals surface area contributed by atoms with Gasteiger partial charge in [0.2, 0.25) is 0 Å². The van der Waals surface area contributed by atoms with Crippen LogP contribution in [0.4, 0.5) is 0 Å². The lowest BCUT2D eigenvalue weighted by atomic mass is 10.0. The van der Waals surface area contributed by atoms with Crippen LogP contribution in [0.3, 0.4) is 0 Å². The summed E-state index contributed by atoms with van der Waals surface area (Å²) in [5.74, 6) is -0.893. The van der Waals surface area contributed by atoms with E-state index in [1.165, 1.54) is 238 Å². The van der Waals surface area contributed by atoms with Gasteiger partial charge in [-0.05, 0) is 89.9 Å². The number of carbonyl (C=O) groups is 3. The number of rotatable bonds is 66. The molecule has 0 aliphatic heterocycles. The van der Waals surface area contributed by atoms with Crippen molar-refractivity contribution in [2.24, 2.45) is 0 Å². The third kappa shape index (κ3) is 67.6. The summed E-state index contributed by atoms with van der Waals surface area (Å²) < 4.78 is 17.0. The van der Waals surface area contributed by atoms with Crippen molar-refractivity contribution in [1.29, 1.82) is 0 Å². The lowest BCUT2D eigenvalue weighted by Gasteiger charge is -2.18. The molecule has 0 amide bonds. The average molecular weight is 1150 g/mol. The minimum Gasteiger partial charge on any atom is -0.462 e. The van der Waals surface area contributed by atoms with Gasteiger partial charge in [0.15, 0.2) is 6.10 Å². The van der Waals surface area contributed by atoms with Crippen LogP contribution in [-0.4, -0.2) is 37.2 Å². The molecule has 1 atom stereocenters. The second-order valence-corrected chi connectivity index (χ2v) is 24.1. The SMILES string of the molecule is CC/C=C\C/C=C\C/C=C\C/C=C\C/C=C\CCCCCC(=O)OCC(COC(=O)CCCCCCCCCCCCC/C=C\CCCCCCCCCC)OC(=O)CCCCCCCCCCCCCCCCCCCCCCCC. The van der Waals surface area contributed by atoms with E-state index in [4.69, 9.17) is 14.2 Å². The van der Waals surface area contributed by atoms with Gasteiger partial charge in [-0.3, -0.25) is 14.4 Å². The van der Waals surface area contributed by atoms with Gasteiger partial charge in [0.1, 0.15) is 13.2 Å². The van der Waals surface area contributed by atoms with E-state index in [1.807, 2.05) is 0 Å². The fourth-order valence-corrected chi connectivity index (χ4v) is 10.6. The third-order valence-corrected chi connectivity index (χ3v) is 15.9. The van der Waals surface area contributed by atoms with Crippen LogP contribution in [0.25, 0.3) is 0 Å². The summed E-state index contributed by atoms with van der Waals surface area (Å²) in [6, 6.07) is 0. The fourth-order valence-electron chi connectivity index (χ4n) is 10.6. The molecule has 0 aliphatic rings. The molecule has 0 aromatic heterocycles. The van der Waals surface area contributed by atoms with E-state index in [0.717, 1.165) is 96.3 Å². The first kappa shape index (κ1) is 78.8. The summed E-state index contributed by atoms with van der Waals surface area (Å²) in [6.45, 7) is 6.56.